The number of hydrogen-bond donors (Lipinski definition) is 1. The maximum atomic E-state index is 5.27. The summed E-state index contributed by atoms with van der Waals surface area (Å²) in [7, 11) is 3.81. The third-order valence-corrected chi connectivity index (χ3v) is 3.73. The molecule has 0 bridgehead atoms. The summed E-state index contributed by atoms with van der Waals surface area (Å²) in [5, 5.41) is 3.48. The molecule has 0 fully saturated rings. The third-order valence-electron chi connectivity index (χ3n) is 3.73. The molecule has 1 N–H and O–H groups in total. The number of nitrogens with zero attached hydrogens (tertiary/aromatic N) is 3. The molecule has 2 heterocycles. The van der Waals surface area contributed by atoms with Crippen molar-refractivity contribution in [2.75, 3.05) is 32.2 Å². The summed E-state index contributed by atoms with van der Waals surface area (Å²) in [4.78, 5) is 6.98. The second kappa shape index (κ2) is 7.43. The van der Waals surface area contributed by atoms with Crippen LogP contribution in [0, 0.1) is 0 Å². The van der Waals surface area contributed by atoms with Gasteiger partial charge in [-0.2, -0.15) is 0 Å². The Kier molecular flexibility index (Phi) is 5.59. The zero-order valence-electron chi connectivity index (χ0n) is 13.5. The van der Waals surface area contributed by atoms with Crippen LogP contribution in [0.25, 0.3) is 5.65 Å². The van der Waals surface area contributed by atoms with Crippen LogP contribution in [0.1, 0.15) is 26.0 Å². The molecule has 116 valence electrons. The first-order valence-corrected chi connectivity index (χ1v) is 7.57. The third kappa shape index (κ3) is 3.54. The van der Waals surface area contributed by atoms with Crippen LogP contribution in [0.2, 0.25) is 0 Å². The van der Waals surface area contributed by atoms with Crippen molar-refractivity contribution in [3.8, 4) is 0 Å². The van der Waals surface area contributed by atoms with E-state index in [0.717, 1.165) is 31.0 Å². The second-order valence-electron chi connectivity index (χ2n) is 5.40. The lowest BCUT2D eigenvalue weighted by molar-refractivity contribution is 0.183. The molecule has 0 aliphatic carbocycles. The zero-order valence-corrected chi connectivity index (χ0v) is 13.5. The molecule has 1 atom stereocenters. The maximum Gasteiger partial charge on any atom is 0.152 e. The van der Waals surface area contributed by atoms with Crippen LogP contribution in [0.3, 0.4) is 0 Å². The van der Waals surface area contributed by atoms with E-state index in [0.29, 0.717) is 6.61 Å². The van der Waals surface area contributed by atoms with Crippen molar-refractivity contribution in [3.05, 3.63) is 30.1 Å². The van der Waals surface area contributed by atoms with Crippen LogP contribution in [-0.4, -0.2) is 42.7 Å². The fourth-order valence-corrected chi connectivity index (χ4v) is 2.43. The first kappa shape index (κ1) is 15.8. The molecule has 0 radical (unpaired) electrons. The minimum atomic E-state index is 0.282. The monoisotopic (exact) mass is 290 g/mol. The summed E-state index contributed by atoms with van der Waals surface area (Å²) in [5.74, 6) is 1.02. The van der Waals surface area contributed by atoms with Crippen molar-refractivity contribution in [3.63, 3.8) is 0 Å². The van der Waals surface area contributed by atoms with Gasteiger partial charge in [0.2, 0.25) is 0 Å². The van der Waals surface area contributed by atoms with Crippen molar-refractivity contribution in [1.29, 1.82) is 0 Å². The summed E-state index contributed by atoms with van der Waals surface area (Å²) in [6.45, 7) is 6.84. The lowest BCUT2D eigenvalue weighted by Crippen LogP contribution is -2.34. The number of anilines is 1. The molecule has 2 aromatic heterocycles. The van der Waals surface area contributed by atoms with E-state index in [2.05, 4.69) is 41.7 Å². The predicted octanol–water partition coefficient (Wildman–Crippen LogP) is 2.31. The largest absolute Gasteiger partial charge is 0.383 e. The normalized spacial score (nSPS) is 12.8. The quantitative estimate of drug-likeness (QED) is 0.758. The van der Waals surface area contributed by atoms with Crippen LogP contribution in [0.4, 0.5) is 5.82 Å². The van der Waals surface area contributed by atoms with Gasteiger partial charge in [-0.3, -0.25) is 0 Å². The molecule has 0 amide bonds. The molecular weight excluding hydrogens is 264 g/mol. The molecule has 5 nitrogen and oxygen atoms in total. The summed E-state index contributed by atoms with van der Waals surface area (Å²) < 4.78 is 7.43. The van der Waals surface area contributed by atoms with E-state index >= 15 is 0 Å². The van der Waals surface area contributed by atoms with Gasteiger partial charge in [0.05, 0.1) is 18.3 Å². The topological polar surface area (TPSA) is 41.8 Å². The number of aromatic nitrogens is 2. The van der Waals surface area contributed by atoms with E-state index in [1.165, 1.54) is 5.69 Å². The molecule has 5 heteroatoms. The molecule has 0 aromatic carbocycles. The standard InChI is InChI=1S/C16H26N4O/c1-5-9-17-11-14-16(19(3)13(2)12-21-4)18-15-8-6-7-10-20(14)15/h6-8,10,13,17H,5,9,11-12H2,1-4H3. The summed E-state index contributed by atoms with van der Waals surface area (Å²) in [5.41, 5.74) is 2.18. The maximum absolute atomic E-state index is 5.27. The Morgan fingerprint density at radius 1 is 1.43 bits per heavy atom. The molecule has 2 rings (SSSR count). The van der Waals surface area contributed by atoms with Gasteiger partial charge in [0, 0.05) is 26.9 Å². The molecule has 1 unspecified atom stereocenters. The van der Waals surface area contributed by atoms with E-state index in [4.69, 9.17) is 9.72 Å². The number of methoxy groups -OCH3 is 1. The fraction of sp³-hybridized carbons (Fsp3) is 0.562. The number of rotatable bonds is 8. The number of pyridine rings is 1. The molecule has 0 saturated carbocycles. The Bertz CT molecular complexity index is 566. The van der Waals surface area contributed by atoms with E-state index in [9.17, 15) is 0 Å². The Hall–Kier alpha value is -1.59. The van der Waals surface area contributed by atoms with E-state index in [1.807, 2.05) is 18.2 Å². The number of hydrogen-bond acceptors (Lipinski definition) is 4. The van der Waals surface area contributed by atoms with Gasteiger partial charge in [0.1, 0.15) is 5.65 Å². The SMILES string of the molecule is CCCNCc1c(N(C)C(C)COC)nc2ccccn12. The van der Waals surface area contributed by atoms with Gasteiger partial charge < -0.3 is 19.4 Å². The van der Waals surface area contributed by atoms with Crippen LogP contribution < -0.4 is 10.2 Å². The molecule has 2 aromatic rings. The Morgan fingerprint density at radius 3 is 2.95 bits per heavy atom. The highest BCUT2D eigenvalue weighted by molar-refractivity contribution is 5.56. The van der Waals surface area contributed by atoms with Gasteiger partial charge in [-0.15, -0.1) is 0 Å². The minimum Gasteiger partial charge on any atom is -0.383 e. The van der Waals surface area contributed by atoms with Crippen molar-refractivity contribution in [1.82, 2.24) is 14.7 Å². The summed E-state index contributed by atoms with van der Waals surface area (Å²) in [6.07, 6.45) is 3.20. The van der Waals surface area contributed by atoms with Crippen LogP contribution in [0.5, 0.6) is 0 Å². The van der Waals surface area contributed by atoms with Gasteiger partial charge >= 0.3 is 0 Å². The number of likely N-dealkylation sites (N-methyl/N-ethyl adjacent to an activating group) is 1. The molecule has 0 aliphatic heterocycles. The second-order valence-corrected chi connectivity index (χ2v) is 5.40. The number of nitrogens with one attached hydrogen (secondary N) is 1. The van der Waals surface area contributed by atoms with Crippen molar-refractivity contribution < 1.29 is 4.74 Å². The molecule has 0 aliphatic rings. The van der Waals surface area contributed by atoms with Gasteiger partial charge in [-0.1, -0.05) is 13.0 Å². The predicted molar refractivity (Wildman–Crippen MR) is 86.9 cm³/mol. The Morgan fingerprint density at radius 2 is 2.24 bits per heavy atom. The van der Waals surface area contributed by atoms with Gasteiger partial charge in [0.25, 0.3) is 0 Å². The smallest absolute Gasteiger partial charge is 0.152 e. The molecule has 21 heavy (non-hydrogen) atoms. The first-order valence-electron chi connectivity index (χ1n) is 7.57. The highest BCUT2D eigenvalue weighted by Crippen LogP contribution is 2.22. The Balaban J connectivity index is 2.33. The van der Waals surface area contributed by atoms with Crippen LogP contribution in [0.15, 0.2) is 24.4 Å². The lowest BCUT2D eigenvalue weighted by atomic mass is 10.3. The van der Waals surface area contributed by atoms with Crippen LogP contribution in [-0.2, 0) is 11.3 Å². The highest BCUT2D eigenvalue weighted by Gasteiger charge is 2.19. The molecular formula is C16H26N4O. The van der Waals surface area contributed by atoms with E-state index in [-0.39, 0.29) is 6.04 Å². The molecule has 0 saturated heterocycles. The average Bonchev–Trinajstić information content (AvgIpc) is 2.86. The van der Waals surface area contributed by atoms with Crippen molar-refractivity contribution in [2.45, 2.75) is 32.9 Å². The highest BCUT2D eigenvalue weighted by atomic mass is 16.5. The fourth-order valence-electron chi connectivity index (χ4n) is 2.43. The number of ether oxygens (including phenoxy) is 1. The first-order chi connectivity index (χ1) is 10.2. The molecule has 0 spiro atoms. The van der Waals surface area contributed by atoms with Gasteiger partial charge in [-0.25, -0.2) is 4.98 Å². The summed E-state index contributed by atoms with van der Waals surface area (Å²) >= 11 is 0. The number of imidazole rings is 1. The minimum absolute atomic E-state index is 0.282. The lowest BCUT2D eigenvalue weighted by Gasteiger charge is -2.25. The number of fused-ring (bicyclic) bond motifs is 1. The Labute approximate surface area is 126 Å². The van der Waals surface area contributed by atoms with Crippen molar-refractivity contribution in [2.24, 2.45) is 0 Å². The van der Waals surface area contributed by atoms with Gasteiger partial charge in [0.15, 0.2) is 5.82 Å². The summed E-state index contributed by atoms with van der Waals surface area (Å²) in [6, 6.07) is 6.39. The average molecular weight is 290 g/mol. The van der Waals surface area contributed by atoms with Crippen LogP contribution >= 0.6 is 0 Å². The zero-order chi connectivity index (χ0) is 15.2. The van der Waals surface area contributed by atoms with Crippen molar-refractivity contribution >= 4 is 11.5 Å². The van der Waals surface area contributed by atoms with Gasteiger partial charge in [-0.05, 0) is 32.0 Å². The van der Waals surface area contributed by atoms with E-state index in [1.54, 1.807) is 7.11 Å². The van der Waals surface area contributed by atoms with E-state index < -0.39 is 0 Å².